The summed E-state index contributed by atoms with van der Waals surface area (Å²) in [5.41, 5.74) is 1.33. The maximum atomic E-state index is 10.6. The smallest absolute Gasteiger partial charge is 0.200 e. The maximum Gasteiger partial charge on any atom is 0.200 e. The lowest BCUT2D eigenvalue weighted by Gasteiger charge is -2.23. The van der Waals surface area contributed by atoms with Crippen molar-refractivity contribution < 1.29 is 29.5 Å². The molecule has 2 atom stereocenters. The molecule has 6 heteroatoms. The van der Waals surface area contributed by atoms with E-state index in [4.69, 9.17) is 14.2 Å². The summed E-state index contributed by atoms with van der Waals surface area (Å²) in [6.45, 7) is 3.62. The molecule has 26 heavy (non-hydrogen) atoms. The molecule has 0 amide bonds. The second-order valence-electron chi connectivity index (χ2n) is 5.77. The van der Waals surface area contributed by atoms with Crippen LogP contribution in [-0.2, 0) is 0 Å². The van der Waals surface area contributed by atoms with Gasteiger partial charge >= 0.3 is 0 Å². The molecule has 2 aromatic rings. The Balaban J connectivity index is 2.24. The number of hydrogen-bond acceptors (Lipinski definition) is 6. The zero-order chi connectivity index (χ0) is 19.3. The minimum Gasteiger partial charge on any atom is -0.504 e. The highest BCUT2D eigenvalue weighted by Gasteiger charge is 2.22. The number of aliphatic hydroxyl groups excluding tert-OH is 1. The molecule has 0 radical (unpaired) electrons. The van der Waals surface area contributed by atoms with Gasteiger partial charge in [0.15, 0.2) is 23.0 Å². The average molecular weight is 360 g/mol. The van der Waals surface area contributed by atoms with Crippen molar-refractivity contribution in [2.45, 2.75) is 26.1 Å². The number of phenolic OH excluding ortho intramolecular Hbond substituents is 2. The lowest BCUT2D eigenvalue weighted by Crippen LogP contribution is -2.22. The number of aliphatic hydroxyl groups is 1. The molecule has 0 aliphatic carbocycles. The van der Waals surface area contributed by atoms with Crippen LogP contribution in [0, 0.1) is 0 Å². The highest BCUT2D eigenvalue weighted by atomic mass is 16.5. The van der Waals surface area contributed by atoms with Gasteiger partial charge in [0.1, 0.15) is 12.2 Å². The Labute approximate surface area is 152 Å². The molecule has 2 rings (SSSR count). The van der Waals surface area contributed by atoms with Crippen molar-refractivity contribution in [1.29, 1.82) is 0 Å². The minimum atomic E-state index is -1.06. The molecule has 0 saturated heterocycles. The molecule has 0 spiro atoms. The summed E-state index contributed by atoms with van der Waals surface area (Å²) in [5, 5.41) is 30.1. The summed E-state index contributed by atoms with van der Waals surface area (Å²) < 4.78 is 16.2. The predicted molar refractivity (Wildman–Crippen MR) is 99.1 cm³/mol. The van der Waals surface area contributed by atoms with Crippen LogP contribution in [0.1, 0.15) is 31.1 Å². The van der Waals surface area contributed by atoms with Gasteiger partial charge in [-0.25, -0.2) is 0 Å². The van der Waals surface area contributed by atoms with Crippen molar-refractivity contribution in [3.63, 3.8) is 0 Å². The van der Waals surface area contributed by atoms with Crippen molar-refractivity contribution in [1.82, 2.24) is 0 Å². The van der Waals surface area contributed by atoms with Crippen LogP contribution >= 0.6 is 0 Å². The standard InChI is InChI=1S/C20H24O6/c1-5-6-13-7-8-16(17(9-13)24-3)26-12(2)19(22)14-10-15(21)20(23)18(11-14)25-4/h5-12,19,21-23H,1-4H3/t12-,19-/m0/s1. The molecular weight excluding hydrogens is 336 g/mol. The van der Waals surface area contributed by atoms with Gasteiger partial charge in [0.25, 0.3) is 0 Å². The normalized spacial score (nSPS) is 13.4. The fraction of sp³-hybridized carbons (Fsp3) is 0.300. The lowest BCUT2D eigenvalue weighted by molar-refractivity contribution is 0.0448. The summed E-state index contributed by atoms with van der Waals surface area (Å²) in [7, 11) is 2.91. The molecule has 0 saturated carbocycles. The Morgan fingerprint density at radius 3 is 2.27 bits per heavy atom. The molecule has 140 valence electrons. The first-order valence-corrected chi connectivity index (χ1v) is 8.16. The van der Waals surface area contributed by atoms with E-state index in [2.05, 4.69) is 0 Å². The molecular formula is C20H24O6. The lowest BCUT2D eigenvalue weighted by atomic mass is 10.0. The van der Waals surface area contributed by atoms with E-state index >= 15 is 0 Å². The fourth-order valence-corrected chi connectivity index (χ4v) is 2.55. The second-order valence-corrected chi connectivity index (χ2v) is 5.77. The molecule has 0 heterocycles. The third-order valence-corrected chi connectivity index (χ3v) is 3.94. The first kappa shape index (κ1) is 19.5. The molecule has 0 bridgehead atoms. The third kappa shape index (κ3) is 4.21. The number of benzene rings is 2. The summed E-state index contributed by atoms with van der Waals surface area (Å²) in [4.78, 5) is 0. The SMILES string of the molecule is CC=Cc1ccc(O[C@@H](C)[C@H](O)c2cc(O)c(O)c(OC)c2)c(OC)c1. The molecule has 0 aliphatic heterocycles. The molecule has 2 aromatic carbocycles. The number of aromatic hydroxyl groups is 2. The van der Waals surface area contributed by atoms with Crippen LogP contribution in [0.25, 0.3) is 6.08 Å². The van der Waals surface area contributed by atoms with Gasteiger partial charge in [-0.2, -0.15) is 0 Å². The molecule has 0 unspecified atom stereocenters. The number of allylic oxidation sites excluding steroid dienone is 1. The van der Waals surface area contributed by atoms with Crippen LogP contribution in [0.15, 0.2) is 36.4 Å². The van der Waals surface area contributed by atoms with Gasteiger partial charge in [-0.05, 0) is 49.2 Å². The van der Waals surface area contributed by atoms with Gasteiger partial charge in [-0.15, -0.1) is 0 Å². The first-order valence-electron chi connectivity index (χ1n) is 8.16. The van der Waals surface area contributed by atoms with E-state index in [1.54, 1.807) is 20.1 Å². The molecule has 6 nitrogen and oxygen atoms in total. The zero-order valence-corrected chi connectivity index (χ0v) is 15.3. The van der Waals surface area contributed by atoms with Crippen molar-refractivity contribution in [2.24, 2.45) is 0 Å². The van der Waals surface area contributed by atoms with Crippen LogP contribution in [0.3, 0.4) is 0 Å². The van der Waals surface area contributed by atoms with E-state index in [1.165, 1.54) is 19.2 Å². The van der Waals surface area contributed by atoms with Crippen LogP contribution < -0.4 is 14.2 Å². The Kier molecular flexibility index (Phi) is 6.36. The van der Waals surface area contributed by atoms with E-state index in [9.17, 15) is 15.3 Å². The van der Waals surface area contributed by atoms with Gasteiger partial charge < -0.3 is 29.5 Å². The zero-order valence-electron chi connectivity index (χ0n) is 15.3. The molecule has 0 fully saturated rings. The second kappa shape index (κ2) is 8.49. The van der Waals surface area contributed by atoms with Gasteiger partial charge in [-0.3, -0.25) is 0 Å². The highest BCUT2D eigenvalue weighted by Crippen LogP contribution is 2.39. The number of hydrogen-bond donors (Lipinski definition) is 3. The Morgan fingerprint density at radius 1 is 0.962 bits per heavy atom. The topological polar surface area (TPSA) is 88.4 Å². The number of ether oxygens (including phenoxy) is 3. The van der Waals surface area contributed by atoms with E-state index in [1.807, 2.05) is 31.2 Å². The van der Waals surface area contributed by atoms with Gasteiger partial charge in [0, 0.05) is 0 Å². The van der Waals surface area contributed by atoms with Crippen molar-refractivity contribution in [3.05, 3.63) is 47.5 Å². The Hall–Kier alpha value is -2.86. The van der Waals surface area contributed by atoms with E-state index < -0.39 is 12.2 Å². The minimum absolute atomic E-state index is 0.0690. The maximum absolute atomic E-state index is 10.6. The summed E-state index contributed by atoms with van der Waals surface area (Å²) in [6.07, 6.45) is 2.16. The number of rotatable bonds is 7. The summed E-state index contributed by atoms with van der Waals surface area (Å²) in [5.74, 6) is 0.352. The van der Waals surface area contributed by atoms with Gasteiger partial charge in [0.05, 0.1) is 14.2 Å². The predicted octanol–water partition coefficient (Wildman–Crippen LogP) is 3.65. The van der Waals surface area contributed by atoms with Crippen LogP contribution in [0.4, 0.5) is 0 Å². The largest absolute Gasteiger partial charge is 0.504 e. The molecule has 3 N–H and O–H groups in total. The van der Waals surface area contributed by atoms with Crippen molar-refractivity contribution >= 4 is 6.08 Å². The van der Waals surface area contributed by atoms with Crippen molar-refractivity contribution in [2.75, 3.05) is 14.2 Å². The molecule has 0 aliphatic rings. The van der Waals surface area contributed by atoms with Crippen LogP contribution in [0.5, 0.6) is 28.7 Å². The van der Waals surface area contributed by atoms with E-state index in [0.29, 0.717) is 17.1 Å². The monoisotopic (exact) mass is 360 g/mol. The van der Waals surface area contributed by atoms with Gasteiger partial charge in [0.2, 0.25) is 5.75 Å². The summed E-state index contributed by atoms with van der Waals surface area (Å²) >= 11 is 0. The van der Waals surface area contributed by atoms with E-state index in [-0.39, 0.29) is 17.2 Å². The molecule has 0 aromatic heterocycles. The van der Waals surface area contributed by atoms with Crippen LogP contribution in [0.2, 0.25) is 0 Å². The summed E-state index contributed by atoms with van der Waals surface area (Å²) in [6, 6.07) is 8.21. The number of phenols is 2. The van der Waals surface area contributed by atoms with Crippen molar-refractivity contribution in [3.8, 4) is 28.7 Å². The fourth-order valence-electron chi connectivity index (χ4n) is 2.55. The van der Waals surface area contributed by atoms with E-state index in [0.717, 1.165) is 5.56 Å². The Bertz CT molecular complexity index is 784. The average Bonchev–Trinajstić information content (AvgIpc) is 2.64. The quantitative estimate of drug-likeness (QED) is 0.653. The Morgan fingerprint density at radius 2 is 1.65 bits per heavy atom. The van der Waals surface area contributed by atoms with Crippen LogP contribution in [-0.4, -0.2) is 35.6 Å². The third-order valence-electron chi connectivity index (χ3n) is 3.94. The van der Waals surface area contributed by atoms with Gasteiger partial charge in [-0.1, -0.05) is 18.2 Å². The first-order chi connectivity index (χ1) is 12.4. The highest BCUT2D eigenvalue weighted by molar-refractivity contribution is 5.56. The number of methoxy groups -OCH3 is 2.